The summed E-state index contributed by atoms with van der Waals surface area (Å²) in [5.74, 6) is 3.34. The van der Waals surface area contributed by atoms with Gasteiger partial charge in [-0.25, -0.2) is 10.8 Å². The van der Waals surface area contributed by atoms with Crippen molar-refractivity contribution in [3.05, 3.63) is 95.7 Å². The van der Waals surface area contributed by atoms with Crippen LogP contribution in [0.15, 0.2) is 78.0 Å². The van der Waals surface area contributed by atoms with Crippen LogP contribution < -0.4 is 21.3 Å². The molecule has 13 heteroatoms. The lowest BCUT2D eigenvalue weighted by atomic mass is 10.0. The highest BCUT2D eigenvalue weighted by Crippen LogP contribution is 2.37. The summed E-state index contributed by atoms with van der Waals surface area (Å²) in [5.41, 5.74) is 9.59. The van der Waals surface area contributed by atoms with Crippen LogP contribution in [0.2, 0.25) is 0 Å². The highest BCUT2D eigenvalue weighted by molar-refractivity contribution is 7.98. The molecule has 0 saturated heterocycles. The lowest BCUT2D eigenvalue weighted by Gasteiger charge is -2.26. The molecule has 7 nitrogen and oxygen atoms in total. The molecule has 3 aromatic carbocycles. The Hall–Kier alpha value is -4.07. The summed E-state index contributed by atoms with van der Waals surface area (Å²) >= 11 is 1.57. The number of methoxy groups -OCH3 is 1. The molecular weight excluding hydrogens is 589 g/mol. The van der Waals surface area contributed by atoms with Crippen LogP contribution in [-0.2, 0) is 17.3 Å². The first-order valence-electron chi connectivity index (χ1n) is 12.8. The van der Waals surface area contributed by atoms with Crippen LogP contribution in [0.4, 0.5) is 27.6 Å². The Morgan fingerprint density at radius 2 is 1.67 bits per heavy atom. The molecular formula is C30H30F5N5O2S. The molecule has 0 unspecified atom stereocenters. The highest BCUT2D eigenvalue weighted by Gasteiger charge is 2.31. The molecule has 228 valence electrons. The Bertz CT molecular complexity index is 1610. The van der Waals surface area contributed by atoms with Crippen LogP contribution in [0.5, 0.6) is 5.75 Å². The topological polar surface area (TPSA) is 91.6 Å². The molecule has 0 amide bonds. The lowest BCUT2D eigenvalue weighted by molar-refractivity contribution is -0.274. The lowest BCUT2D eigenvalue weighted by Crippen LogP contribution is -2.31. The van der Waals surface area contributed by atoms with Crippen molar-refractivity contribution in [2.45, 2.75) is 37.6 Å². The number of nitrogens with two attached hydrogens (primary N) is 2. The number of anilines is 1. The number of ether oxygens (including phenoxy) is 2. The summed E-state index contributed by atoms with van der Waals surface area (Å²) < 4.78 is 77.1. The molecule has 1 heterocycles. The standard InChI is InChI=1S/C30H30F5N5O2S/c1-18-38-28(29(2,31)32)16-39(18)24-12-9-20(21-5-6-22(17-41-3)27(14-21)43-4)13-25(24)40(37)26(15-36)19-7-10-23(11-8-19)42-30(33,34)35/h5-16H,17,36-37H2,1-4H3/b26-15-. The highest BCUT2D eigenvalue weighted by atomic mass is 32.2. The van der Waals surface area contributed by atoms with Crippen LogP contribution in [-0.4, -0.2) is 29.3 Å². The van der Waals surface area contributed by atoms with Gasteiger partial charge in [-0.15, -0.1) is 24.9 Å². The van der Waals surface area contributed by atoms with Crippen molar-refractivity contribution < 1.29 is 31.4 Å². The van der Waals surface area contributed by atoms with Crippen molar-refractivity contribution in [1.29, 1.82) is 0 Å². The fourth-order valence-electron chi connectivity index (χ4n) is 4.50. The molecule has 0 bridgehead atoms. The smallest absolute Gasteiger partial charge is 0.406 e. The van der Waals surface area contributed by atoms with Crippen LogP contribution in [0.3, 0.4) is 0 Å². The van der Waals surface area contributed by atoms with Crippen LogP contribution >= 0.6 is 11.8 Å². The number of halogens is 5. The van der Waals surface area contributed by atoms with Crippen molar-refractivity contribution in [3.63, 3.8) is 0 Å². The minimum atomic E-state index is -4.85. The molecule has 0 aliphatic carbocycles. The SMILES string of the molecule is COCc1ccc(-c2ccc(-n3cc(C(C)(F)F)nc3C)c(N(N)/C(=C\N)c3ccc(OC(F)(F)F)cc3)c2)cc1SC. The van der Waals surface area contributed by atoms with E-state index in [9.17, 15) is 22.0 Å². The first-order valence-corrected chi connectivity index (χ1v) is 14.1. The number of hydrogen-bond donors (Lipinski definition) is 2. The van der Waals surface area contributed by atoms with E-state index >= 15 is 0 Å². The molecule has 0 aliphatic rings. The number of thioether (sulfide) groups is 1. The Kier molecular flexibility index (Phi) is 9.38. The van der Waals surface area contributed by atoms with Gasteiger partial charge in [-0.2, -0.15) is 8.78 Å². The molecule has 0 atom stereocenters. The average molecular weight is 620 g/mol. The predicted molar refractivity (Wildman–Crippen MR) is 158 cm³/mol. The third-order valence-corrected chi connectivity index (χ3v) is 7.37. The third-order valence-electron chi connectivity index (χ3n) is 6.55. The zero-order valence-corrected chi connectivity index (χ0v) is 24.6. The van der Waals surface area contributed by atoms with E-state index in [1.54, 1.807) is 37.9 Å². The predicted octanol–water partition coefficient (Wildman–Crippen LogP) is 7.36. The van der Waals surface area contributed by atoms with E-state index in [0.29, 0.717) is 29.4 Å². The quantitative estimate of drug-likeness (QED) is 0.0829. The molecule has 0 saturated carbocycles. The van der Waals surface area contributed by atoms with Gasteiger partial charge in [0.15, 0.2) is 0 Å². The molecule has 4 aromatic rings. The number of rotatable bonds is 10. The summed E-state index contributed by atoms with van der Waals surface area (Å²) in [6.07, 6.45) is -0.450. The number of alkyl halides is 5. The van der Waals surface area contributed by atoms with E-state index in [1.807, 2.05) is 30.5 Å². The Balaban J connectivity index is 1.85. The second-order valence-corrected chi connectivity index (χ2v) is 10.4. The van der Waals surface area contributed by atoms with Crippen LogP contribution in [0.25, 0.3) is 22.5 Å². The third kappa shape index (κ3) is 7.29. The molecule has 0 aliphatic heterocycles. The second-order valence-electron chi connectivity index (χ2n) is 9.59. The van der Waals surface area contributed by atoms with Gasteiger partial charge in [-0.05, 0) is 72.3 Å². The van der Waals surface area contributed by atoms with Crippen molar-refractivity contribution in [2.75, 3.05) is 18.4 Å². The summed E-state index contributed by atoms with van der Waals surface area (Å²) in [5, 5.41) is 1.25. The molecule has 1 aromatic heterocycles. The van der Waals surface area contributed by atoms with E-state index in [1.165, 1.54) is 34.1 Å². The monoisotopic (exact) mass is 619 g/mol. The average Bonchev–Trinajstić information content (AvgIpc) is 3.35. The van der Waals surface area contributed by atoms with Crippen molar-refractivity contribution >= 4 is 23.1 Å². The van der Waals surface area contributed by atoms with Crippen molar-refractivity contribution in [3.8, 4) is 22.6 Å². The molecule has 43 heavy (non-hydrogen) atoms. The molecule has 0 spiro atoms. The zero-order valence-electron chi connectivity index (χ0n) is 23.7. The zero-order chi connectivity index (χ0) is 31.5. The van der Waals surface area contributed by atoms with E-state index in [2.05, 4.69) is 9.72 Å². The van der Waals surface area contributed by atoms with Gasteiger partial charge in [0, 0.05) is 36.9 Å². The van der Waals surface area contributed by atoms with Crippen LogP contribution in [0, 0.1) is 6.92 Å². The summed E-state index contributed by atoms with van der Waals surface area (Å²) in [6.45, 7) is 2.79. The van der Waals surface area contributed by atoms with Gasteiger partial charge in [-0.1, -0.05) is 18.2 Å². The molecule has 0 radical (unpaired) electrons. The number of hydrogen-bond acceptors (Lipinski definition) is 7. The summed E-state index contributed by atoms with van der Waals surface area (Å²) in [6, 6.07) is 16.3. The number of imidazole rings is 1. The van der Waals surface area contributed by atoms with Gasteiger partial charge in [0.1, 0.15) is 17.3 Å². The van der Waals surface area contributed by atoms with Gasteiger partial charge in [0.2, 0.25) is 0 Å². The fraction of sp³-hybridized carbons (Fsp3) is 0.233. The Morgan fingerprint density at radius 3 is 2.23 bits per heavy atom. The number of aryl methyl sites for hydroxylation is 1. The Morgan fingerprint density at radius 1 is 1.02 bits per heavy atom. The largest absolute Gasteiger partial charge is 0.573 e. The van der Waals surface area contributed by atoms with Gasteiger partial charge in [0.05, 0.1) is 23.7 Å². The minimum absolute atomic E-state index is 0.232. The molecule has 4 rings (SSSR count). The fourth-order valence-corrected chi connectivity index (χ4v) is 5.13. The van der Waals surface area contributed by atoms with Gasteiger partial charge >= 0.3 is 6.36 Å². The maximum Gasteiger partial charge on any atom is 0.573 e. The van der Waals surface area contributed by atoms with Gasteiger partial charge in [-0.3, -0.25) is 5.01 Å². The Labute approximate surface area is 249 Å². The van der Waals surface area contributed by atoms with Crippen molar-refractivity contribution in [2.24, 2.45) is 11.6 Å². The van der Waals surface area contributed by atoms with Crippen molar-refractivity contribution in [1.82, 2.24) is 9.55 Å². The van der Waals surface area contributed by atoms with Crippen LogP contribution in [0.1, 0.15) is 29.6 Å². The number of nitrogens with zero attached hydrogens (tertiary/aromatic N) is 3. The number of benzene rings is 3. The first kappa shape index (κ1) is 31.9. The summed E-state index contributed by atoms with van der Waals surface area (Å²) in [7, 11) is 1.62. The molecule has 0 fully saturated rings. The maximum atomic E-state index is 14.2. The van der Waals surface area contributed by atoms with E-state index in [0.717, 1.165) is 40.6 Å². The van der Waals surface area contributed by atoms with E-state index < -0.39 is 23.7 Å². The summed E-state index contributed by atoms with van der Waals surface area (Å²) in [4.78, 5) is 5.06. The van der Waals surface area contributed by atoms with E-state index in [-0.39, 0.29) is 5.70 Å². The van der Waals surface area contributed by atoms with Gasteiger partial charge in [0.25, 0.3) is 5.92 Å². The number of aromatic nitrogens is 2. The normalized spacial score (nSPS) is 12.5. The minimum Gasteiger partial charge on any atom is -0.406 e. The maximum absolute atomic E-state index is 14.2. The van der Waals surface area contributed by atoms with E-state index in [4.69, 9.17) is 16.3 Å². The first-order chi connectivity index (χ1) is 20.2. The molecule has 4 N–H and O–H groups in total. The van der Waals surface area contributed by atoms with Gasteiger partial charge < -0.3 is 19.8 Å². The number of hydrazine groups is 1. The second kappa shape index (κ2) is 12.7.